The van der Waals surface area contributed by atoms with Gasteiger partial charge in [0.1, 0.15) is 0 Å². The van der Waals surface area contributed by atoms with Crippen LogP contribution in [0, 0.1) is 165 Å². The van der Waals surface area contributed by atoms with Gasteiger partial charge in [-0.15, -0.1) is 0 Å². The molecule has 0 amide bonds. The topological polar surface area (TPSA) is 360 Å². The van der Waals surface area contributed by atoms with Gasteiger partial charge in [0.25, 0.3) is 0 Å². The molecule has 0 unspecified atom stereocenters. The molecule has 0 atom stereocenters. The van der Waals surface area contributed by atoms with Gasteiger partial charge in [-0.25, -0.2) is 0 Å². The third-order valence-corrected chi connectivity index (χ3v) is 0. The van der Waals surface area contributed by atoms with Crippen molar-refractivity contribution in [3.8, 4) is 0 Å². The van der Waals surface area contributed by atoms with Crippen LogP contribution >= 0.6 is 0 Å². The quantitative estimate of drug-likeness (QED) is 0.235. The van der Waals surface area contributed by atoms with E-state index < -0.39 is 0 Å². The number of hydrogen-bond donors (Lipinski definition) is 0. The third kappa shape index (κ3) is 265. The molecule has 0 spiro atoms. The summed E-state index contributed by atoms with van der Waals surface area (Å²) in [6.45, 7) is 0. The normalized spacial score (nSPS) is 0. The maximum Gasteiger partial charge on any atom is 3.00 e. The van der Waals surface area contributed by atoms with Crippen LogP contribution in [0.3, 0.4) is 0 Å². The van der Waals surface area contributed by atoms with E-state index in [2.05, 4.69) is 0 Å². The Morgan fingerprint density at radius 3 is 0.158 bits per heavy atom. The van der Waals surface area contributed by atoms with Crippen molar-refractivity contribution < 1.29 is 296 Å². The van der Waals surface area contributed by atoms with Crippen molar-refractivity contribution in [1.29, 1.82) is 0 Å². The van der Waals surface area contributed by atoms with Gasteiger partial charge in [0.05, 0.1) is 0 Å². The second-order valence-electron chi connectivity index (χ2n) is 0. The van der Waals surface area contributed by atoms with Crippen LogP contribution < -0.4 is 0 Å². The van der Waals surface area contributed by atoms with E-state index in [-0.39, 0.29) is 296 Å². The van der Waals surface area contributed by atoms with Crippen LogP contribution in [0.5, 0.6) is 0 Å². The Hall–Kier alpha value is 7.12. The average Bonchev–Trinajstić information content (AvgIpc) is 0. The second kappa shape index (κ2) is 288. The van der Waals surface area contributed by atoms with Crippen molar-refractivity contribution in [2.24, 2.45) is 0 Å². The molecule has 0 heterocycles. The fourth-order valence-electron chi connectivity index (χ4n) is 0. The molecule has 0 aliphatic carbocycles. The minimum Gasteiger partial charge on any atom is -0.870 e. The van der Waals surface area contributed by atoms with Crippen molar-refractivity contribution in [2.75, 3.05) is 0 Å². The van der Waals surface area contributed by atoms with Crippen molar-refractivity contribution >= 4 is 0 Å². The zero-order chi connectivity index (χ0) is 0. The Kier molecular flexibility index (Phi) is 4940. The predicted molar refractivity (Wildman–Crippen MR) is 23.2 cm³/mol. The maximum atomic E-state index is 0. The van der Waals surface area contributed by atoms with E-state index in [1.807, 2.05) is 0 Å². The number of rotatable bonds is 0. The summed E-state index contributed by atoms with van der Waals surface area (Å²) < 4.78 is 0. The van der Waals surface area contributed by atoms with Crippen molar-refractivity contribution in [3.63, 3.8) is 0 Å². The summed E-state index contributed by atoms with van der Waals surface area (Å²) in [5.41, 5.74) is 0. The smallest absolute Gasteiger partial charge is 0.870 e. The minimum absolute atomic E-state index is 0. The Morgan fingerprint density at radius 2 is 0.158 bits per heavy atom. The summed E-state index contributed by atoms with van der Waals surface area (Å²) in [5.74, 6) is 0. The molecule has 108 valence electrons. The van der Waals surface area contributed by atoms with Gasteiger partial charge < -0.3 is 65.7 Å². The Bertz CT molecular complexity index is 24.9. The van der Waals surface area contributed by atoms with Crippen LogP contribution in [0.4, 0.5) is 0 Å². The molecule has 0 rings (SSSR count). The molecule has 0 aromatic heterocycles. The summed E-state index contributed by atoms with van der Waals surface area (Å²) in [7, 11) is 0. The SMILES string of the molecule is [OH-].[OH-].[OH-].[OH-].[OH-].[OH-].[OH-].[OH-].[OH-].[OH-].[OH-].[OH-].[Pr+3].[Pr+3].[Pr+3].[Pr+3].[Ti].[Ti].[Ti]. The monoisotopic (exact) mass is 912 g/mol. The van der Waals surface area contributed by atoms with E-state index in [9.17, 15) is 0 Å². The van der Waals surface area contributed by atoms with Gasteiger partial charge in [-0.3, -0.25) is 0 Å². The molecule has 19 heavy (non-hydrogen) atoms. The second-order valence-corrected chi connectivity index (χ2v) is 0. The van der Waals surface area contributed by atoms with E-state index in [0.29, 0.717) is 0 Å². The molecule has 19 heteroatoms. The Balaban J connectivity index is 0. The van der Waals surface area contributed by atoms with Crippen LogP contribution in [0.15, 0.2) is 0 Å². The van der Waals surface area contributed by atoms with Crippen LogP contribution in [-0.4, -0.2) is 65.7 Å². The standard InChI is InChI=1S/12H2O.4Pr.3Ti/h12*1H2;;;;;;;/q;;;;;;;;;;;;4*+3;;;/p-12. The van der Waals surface area contributed by atoms with Gasteiger partial charge in [-0.05, 0) is 0 Å². The molecule has 0 aromatic carbocycles. The summed E-state index contributed by atoms with van der Waals surface area (Å²) >= 11 is 0. The largest absolute Gasteiger partial charge is 3.00 e. The van der Waals surface area contributed by atoms with Gasteiger partial charge in [0.15, 0.2) is 0 Å². The summed E-state index contributed by atoms with van der Waals surface area (Å²) in [6.07, 6.45) is 0. The summed E-state index contributed by atoms with van der Waals surface area (Å²) in [4.78, 5) is 0. The van der Waals surface area contributed by atoms with Crippen LogP contribution in [0.1, 0.15) is 0 Å². The summed E-state index contributed by atoms with van der Waals surface area (Å²) in [6, 6.07) is 0. The average molecular weight is 911 g/mol. The minimum atomic E-state index is 0. The van der Waals surface area contributed by atoms with Crippen LogP contribution in [-0.2, 0) is 65.2 Å². The first-order chi connectivity index (χ1) is 0. The maximum absolute atomic E-state index is 0. The molecule has 12 nitrogen and oxygen atoms in total. The van der Waals surface area contributed by atoms with E-state index in [1.54, 1.807) is 0 Å². The van der Waals surface area contributed by atoms with Gasteiger partial charge >= 0.3 is 165 Å². The molecule has 0 aliphatic heterocycles. The first-order valence-electron chi connectivity index (χ1n) is 0. The molecule has 0 aliphatic rings. The number of hydrogen-bond acceptors (Lipinski definition) is 12. The Labute approximate surface area is 288 Å². The van der Waals surface area contributed by atoms with E-state index in [0.717, 1.165) is 0 Å². The molecule has 0 saturated heterocycles. The molecule has 12 N–H and O–H groups in total. The first kappa shape index (κ1) is 325. The zero-order valence-electron chi connectivity index (χ0n) is 9.18. The van der Waals surface area contributed by atoms with Crippen molar-refractivity contribution in [1.82, 2.24) is 0 Å². The van der Waals surface area contributed by atoms with E-state index in [4.69, 9.17) is 0 Å². The van der Waals surface area contributed by atoms with Crippen molar-refractivity contribution in [3.05, 3.63) is 0 Å². The van der Waals surface area contributed by atoms with Gasteiger partial charge in [-0.2, -0.15) is 0 Å². The first-order valence-corrected chi connectivity index (χ1v) is 0. The molecular formula is H12O12Pr4Ti3. The van der Waals surface area contributed by atoms with Crippen LogP contribution in [0.2, 0.25) is 0 Å². The van der Waals surface area contributed by atoms with Crippen LogP contribution in [0.25, 0.3) is 0 Å². The van der Waals surface area contributed by atoms with E-state index >= 15 is 0 Å². The molecule has 0 fully saturated rings. The Morgan fingerprint density at radius 1 is 0.158 bits per heavy atom. The molecule has 0 radical (unpaired) electrons. The summed E-state index contributed by atoms with van der Waals surface area (Å²) in [5, 5.41) is 0. The molecular weight excluding hydrogens is 899 g/mol. The molecule has 0 aromatic rings. The predicted octanol–water partition coefficient (Wildman–Crippen LogP) is -2.13. The van der Waals surface area contributed by atoms with Gasteiger partial charge in [-0.1, -0.05) is 0 Å². The van der Waals surface area contributed by atoms with Gasteiger partial charge in [0, 0.05) is 65.2 Å². The molecule has 0 bridgehead atoms. The van der Waals surface area contributed by atoms with Crippen molar-refractivity contribution in [2.45, 2.75) is 0 Å². The fourth-order valence-corrected chi connectivity index (χ4v) is 0. The molecule has 0 saturated carbocycles. The third-order valence-electron chi connectivity index (χ3n) is 0. The van der Waals surface area contributed by atoms with Gasteiger partial charge in [0.2, 0.25) is 0 Å². The van der Waals surface area contributed by atoms with E-state index in [1.165, 1.54) is 0 Å². The zero-order valence-corrected chi connectivity index (χ0v) is 28.7. The fraction of sp³-hybridized carbons (Fsp3) is 0.